The maximum Gasteiger partial charge on any atom is 0.295 e. The molecular formula is C34H46N2O5. The zero-order chi connectivity index (χ0) is 29.6. The summed E-state index contributed by atoms with van der Waals surface area (Å²) in [6.07, 6.45) is 17.1. The van der Waals surface area contributed by atoms with Crippen LogP contribution in [-0.2, 0) is 9.59 Å². The summed E-state index contributed by atoms with van der Waals surface area (Å²) in [6, 6.07) is 12.2. The Morgan fingerprint density at radius 3 is 1.76 bits per heavy atom. The topological polar surface area (TPSA) is 101 Å². The van der Waals surface area contributed by atoms with E-state index in [4.69, 9.17) is 0 Å². The molecule has 1 aliphatic rings. The van der Waals surface area contributed by atoms with Gasteiger partial charge in [-0.05, 0) is 31.0 Å². The van der Waals surface area contributed by atoms with Crippen LogP contribution in [-0.4, -0.2) is 33.2 Å². The molecule has 1 amide bonds. The molecule has 0 radical (unpaired) electrons. The highest BCUT2D eigenvalue weighted by Gasteiger charge is 2.45. The standard InChI is InChI=1S/C34H46N2O5/c1-3-4-5-6-7-8-9-10-11-12-13-14-15-16-25-35-31(27-21-23-29(24-22-27)36(40)41)30(33(38)34(35)39)32(37)28-19-17-26(2)18-20-28/h17-24,31,37H,3-16,25H2,1-2H3/t31-/m0/s1. The van der Waals surface area contributed by atoms with Crippen LogP contribution in [0.2, 0.25) is 0 Å². The molecule has 0 saturated carbocycles. The number of hydrogen-bond donors (Lipinski definition) is 1. The van der Waals surface area contributed by atoms with Gasteiger partial charge in [0, 0.05) is 24.2 Å². The van der Waals surface area contributed by atoms with Crippen LogP contribution < -0.4 is 0 Å². The summed E-state index contributed by atoms with van der Waals surface area (Å²) >= 11 is 0. The third kappa shape index (κ3) is 9.27. The minimum atomic E-state index is -0.793. The predicted octanol–water partition coefficient (Wildman–Crippen LogP) is 8.81. The van der Waals surface area contributed by atoms with E-state index in [0.717, 1.165) is 31.2 Å². The molecule has 7 nitrogen and oxygen atoms in total. The summed E-state index contributed by atoms with van der Waals surface area (Å²) in [7, 11) is 0. The molecule has 1 fully saturated rings. The molecule has 3 rings (SSSR count). The Morgan fingerprint density at radius 1 is 0.780 bits per heavy atom. The molecule has 1 saturated heterocycles. The molecule has 222 valence electrons. The number of aryl methyl sites for hydroxylation is 1. The number of aliphatic hydroxyl groups is 1. The molecule has 0 bridgehead atoms. The number of carbonyl (C=O) groups is 2. The SMILES string of the molecule is CCCCCCCCCCCCCCCCN1C(=O)C(=O)C(=C(O)c2ccc(C)cc2)[C@@H]1c1ccc([N+](=O)[O-])cc1. The van der Waals surface area contributed by atoms with E-state index in [-0.39, 0.29) is 17.0 Å². The Labute approximate surface area is 244 Å². The first kappa shape index (κ1) is 32.0. The Hall–Kier alpha value is -3.48. The number of amides is 1. The molecule has 0 aromatic heterocycles. The van der Waals surface area contributed by atoms with Gasteiger partial charge < -0.3 is 10.0 Å². The van der Waals surface area contributed by atoms with Crippen molar-refractivity contribution in [2.24, 2.45) is 0 Å². The highest BCUT2D eigenvalue weighted by atomic mass is 16.6. The summed E-state index contributed by atoms with van der Waals surface area (Å²) < 4.78 is 0. The van der Waals surface area contributed by atoms with Gasteiger partial charge in [-0.15, -0.1) is 0 Å². The molecule has 0 aliphatic carbocycles. The molecule has 41 heavy (non-hydrogen) atoms. The number of Topliss-reactive ketones (excluding diaryl/α,β-unsaturated/α-hetero) is 1. The van der Waals surface area contributed by atoms with Crippen molar-refractivity contribution in [1.29, 1.82) is 0 Å². The average molecular weight is 563 g/mol. The van der Waals surface area contributed by atoms with Gasteiger partial charge in [0.1, 0.15) is 5.76 Å². The lowest BCUT2D eigenvalue weighted by Gasteiger charge is -2.25. The van der Waals surface area contributed by atoms with Gasteiger partial charge >= 0.3 is 0 Å². The molecule has 1 aliphatic heterocycles. The summed E-state index contributed by atoms with van der Waals surface area (Å²) in [6.45, 7) is 4.56. The molecule has 0 unspecified atom stereocenters. The van der Waals surface area contributed by atoms with Crippen LogP contribution in [0.5, 0.6) is 0 Å². The number of aliphatic hydroxyl groups excluding tert-OH is 1. The van der Waals surface area contributed by atoms with E-state index in [1.54, 1.807) is 24.3 Å². The summed E-state index contributed by atoms with van der Waals surface area (Å²) in [5, 5.41) is 22.3. The first-order valence-corrected chi connectivity index (χ1v) is 15.4. The zero-order valence-electron chi connectivity index (χ0n) is 24.8. The number of unbranched alkanes of at least 4 members (excludes halogenated alkanes) is 13. The van der Waals surface area contributed by atoms with E-state index >= 15 is 0 Å². The van der Waals surface area contributed by atoms with Crippen LogP contribution in [0.1, 0.15) is 120 Å². The van der Waals surface area contributed by atoms with Crippen LogP contribution in [0, 0.1) is 17.0 Å². The fraction of sp³-hybridized carbons (Fsp3) is 0.529. The number of nitrogens with zero attached hydrogens (tertiary/aromatic N) is 2. The van der Waals surface area contributed by atoms with E-state index < -0.39 is 22.7 Å². The second-order valence-corrected chi connectivity index (χ2v) is 11.3. The van der Waals surface area contributed by atoms with Crippen LogP contribution in [0.4, 0.5) is 5.69 Å². The smallest absolute Gasteiger partial charge is 0.295 e. The number of non-ortho nitro benzene ring substituents is 1. The highest BCUT2D eigenvalue weighted by Crippen LogP contribution is 2.40. The second-order valence-electron chi connectivity index (χ2n) is 11.3. The third-order valence-electron chi connectivity index (χ3n) is 8.04. The lowest BCUT2D eigenvalue weighted by molar-refractivity contribution is -0.384. The van der Waals surface area contributed by atoms with Crippen LogP contribution in [0.25, 0.3) is 5.76 Å². The molecule has 2 aromatic rings. The number of nitro benzene ring substituents is 1. The van der Waals surface area contributed by atoms with Crippen LogP contribution in [0.3, 0.4) is 0 Å². The van der Waals surface area contributed by atoms with Crippen molar-refractivity contribution in [3.05, 3.63) is 80.9 Å². The number of ketones is 1. The molecule has 1 N–H and O–H groups in total. The average Bonchev–Trinajstić information content (AvgIpc) is 3.22. The largest absolute Gasteiger partial charge is 0.507 e. The van der Waals surface area contributed by atoms with Crippen molar-refractivity contribution in [2.75, 3.05) is 6.54 Å². The lowest BCUT2D eigenvalue weighted by Crippen LogP contribution is -2.30. The fourth-order valence-corrected chi connectivity index (χ4v) is 5.58. The van der Waals surface area contributed by atoms with Gasteiger partial charge in [-0.2, -0.15) is 0 Å². The van der Waals surface area contributed by atoms with Crippen molar-refractivity contribution >= 4 is 23.1 Å². The fourth-order valence-electron chi connectivity index (χ4n) is 5.58. The van der Waals surface area contributed by atoms with E-state index in [1.807, 2.05) is 19.1 Å². The van der Waals surface area contributed by atoms with Gasteiger partial charge in [-0.3, -0.25) is 19.7 Å². The van der Waals surface area contributed by atoms with Gasteiger partial charge in [0.15, 0.2) is 0 Å². The predicted molar refractivity (Wildman–Crippen MR) is 164 cm³/mol. The molecule has 2 aromatic carbocycles. The van der Waals surface area contributed by atoms with Gasteiger partial charge in [0.05, 0.1) is 16.5 Å². The quantitative estimate of drug-likeness (QED) is 0.0488. The van der Waals surface area contributed by atoms with Crippen LogP contribution >= 0.6 is 0 Å². The maximum atomic E-state index is 13.2. The Kier molecular flexibility index (Phi) is 13.1. The number of hydrogen-bond acceptors (Lipinski definition) is 5. The molecule has 7 heteroatoms. The second kappa shape index (κ2) is 16.7. The maximum absolute atomic E-state index is 13.2. The zero-order valence-corrected chi connectivity index (χ0v) is 24.8. The Bertz CT molecular complexity index is 1170. The van der Waals surface area contributed by atoms with Gasteiger partial charge in [0.2, 0.25) is 0 Å². The number of benzene rings is 2. The first-order valence-electron chi connectivity index (χ1n) is 15.4. The monoisotopic (exact) mass is 562 g/mol. The molecule has 1 heterocycles. The van der Waals surface area contributed by atoms with Crippen molar-refractivity contribution in [3.8, 4) is 0 Å². The Morgan fingerprint density at radius 2 is 1.27 bits per heavy atom. The summed E-state index contributed by atoms with van der Waals surface area (Å²) in [5.41, 5.74) is 1.98. The third-order valence-corrected chi connectivity index (χ3v) is 8.04. The Balaban J connectivity index is 1.58. The van der Waals surface area contributed by atoms with E-state index in [0.29, 0.717) is 17.7 Å². The van der Waals surface area contributed by atoms with Crippen molar-refractivity contribution in [3.63, 3.8) is 0 Å². The van der Waals surface area contributed by atoms with E-state index in [1.165, 1.54) is 81.2 Å². The number of likely N-dealkylation sites (tertiary alicyclic amines) is 1. The van der Waals surface area contributed by atoms with Gasteiger partial charge in [-0.1, -0.05) is 120 Å². The van der Waals surface area contributed by atoms with Gasteiger partial charge in [-0.25, -0.2) is 0 Å². The minimum Gasteiger partial charge on any atom is -0.507 e. The lowest BCUT2D eigenvalue weighted by atomic mass is 9.95. The molecular weight excluding hydrogens is 516 g/mol. The first-order chi connectivity index (χ1) is 19.8. The van der Waals surface area contributed by atoms with Crippen molar-refractivity contribution < 1.29 is 19.6 Å². The molecule has 0 spiro atoms. The van der Waals surface area contributed by atoms with E-state index in [2.05, 4.69) is 6.92 Å². The van der Waals surface area contributed by atoms with Crippen LogP contribution in [0.15, 0.2) is 54.1 Å². The number of carbonyl (C=O) groups excluding carboxylic acids is 2. The minimum absolute atomic E-state index is 0.0260. The van der Waals surface area contributed by atoms with Crippen molar-refractivity contribution in [2.45, 2.75) is 110 Å². The van der Waals surface area contributed by atoms with Crippen molar-refractivity contribution in [1.82, 2.24) is 4.90 Å². The normalized spacial score (nSPS) is 16.4. The summed E-state index contributed by atoms with van der Waals surface area (Å²) in [4.78, 5) is 38.6. The van der Waals surface area contributed by atoms with E-state index in [9.17, 15) is 24.8 Å². The number of nitro groups is 1. The highest BCUT2D eigenvalue weighted by molar-refractivity contribution is 6.46. The number of rotatable bonds is 18. The summed E-state index contributed by atoms with van der Waals surface area (Å²) in [5.74, 6) is -1.59. The molecule has 1 atom stereocenters. The van der Waals surface area contributed by atoms with Gasteiger partial charge in [0.25, 0.3) is 17.4 Å².